The number of thioether (sulfide) groups is 1. The Hall–Kier alpha value is -1.58. The first-order chi connectivity index (χ1) is 12.9. The van der Waals surface area contributed by atoms with Gasteiger partial charge >= 0.3 is 0 Å². The van der Waals surface area contributed by atoms with Crippen molar-refractivity contribution >= 4 is 32.9 Å². The van der Waals surface area contributed by atoms with Gasteiger partial charge in [0.05, 0.1) is 4.90 Å². The van der Waals surface area contributed by atoms with E-state index in [1.165, 1.54) is 16.1 Å². The van der Waals surface area contributed by atoms with E-state index in [-0.39, 0.29) is 30.8 Å². The highest BCUT2D eigenvalue weighted by atomic mass is 32.2. The molecule has 9 heteroatoms. The SMILES string of the molecule is CCCc1ccc(S(=O)(=O)N2CCN(C(=O)CN3CCSC3=O)CC2)cc1. The molecule has 0 atom stereocenters. The number of benzene rings is 1. The molecule has 148 valence electrons. The summed E-state index contributed by atoms with van der Waals surface area (Å²) in [5.41, 5.74) is 1.13. The Balaban J connectivity index is 1.57. The van der Waals surface area contributed by atoms with Crippen LogP contribution in [0.3, 0.4) is 0 Å². The van der Waals surface area contributed by atoms with Gasteiger partial charge in [-0.1, -0.05) is 37.2 Å². The van der Waals surface area contributed by atoms with E-state index in [9.17, 15) is 18.0 Å². The first kappa shape index (κ1) is 20.2. The fourth-order valence-electron chi connectivity index (χ4n) is 3.28. The molecule has 0 radical (unpaired) electrons. The Kier molecular flexibility index (Phi) is 6.44. The molecule has 3 rings (SSSR count). The van der Waals surface area contributed by atoms with E-state index in [2.05, 4.69) is 6.92 Å². The van der Waals surface area contributed by atoms with Crippen LogP contribution >= 0.6 is 11.8 Å². The normalized spacial score (nSPS) is 18.9. The standard InChI is InChI=1S/C18H25N3O4S2/c1-2-3-15-4-6-16(7-5-15)27(24,25)21-10-8-19(9-11-21)17(22)14-20-12-13-26-18(20)23/h4-7H,2-3,8-14H2,1H3. The number of hydrogen-bond donors (Lipinski definition) is 0. The van der Waals surface area contributed by atoms with Crippen LogP contribution in [-0.2, 0) is 21.2 Å². The molecule has 0 bridgehead atoms. The van der Waals surface area contributed by atoms with E-state index >= 15 is 0 Å². The molecule has 27 heavy (non-hydrogen) atoms. The predicted octanol–water partition coefficient (Wildman–Crippen LogP) is 1.64. The van der Waals surface area contributed by atoms with Gasteiger partial charge in [-0.15, -0.1) is 0 Å². The second kappa shape index (κ2) is 8.62. The Labute approximate surface area is 164 Å². The van der Waals surface area contributed by atoms with Crippen LogP contribution in [0.1, 0.15) is 18.9 Å². The summed E-state index contributed by atoms with van der Waals surface area (Å²) in [5, 5.41) is -0.0592. The van der Waals surface area contributed by atoms with Crippen LogP contribution in [-0.4, -0.2) is 78.7 Å². The maximum Gasteiger partial charge on any atom is 0.282 e. The Morgan fingerprint density at radius 1 is 1.07 bits per heavy atom. The number of sulfonamides is 1. The monoisotopic (exact) mass is 411 g/mol. The molecular weight excluding hydrogens is 386 g/mol. The lowest BCUT2D eigenvalue weighted by Crippen LogP contribution is -2.52. The van der Waals surface area contributed by atoms with Crippen molar-refractivity contribution in [3.63, 3.8) is 0 Å². The number of aryl methyl sites for hydroxylation is 1. The summed E-state index contributed by atoms with van der Waals surface area (Å²) in [6.07, 6.45) is 1.95. The molecule has 1 aromatic carbocycles. The molecule has 2 saturated heterocycles. The summed E-state index contributed by atoms with van der Waals surface area (Å²) < 4.78 is 27.1. The third-order valence-corrected chi connectivity index (χ3v) is 7.67. The van der Waals surface area contributed by atoms with Crippen LogP contribution in [0.15, 0.2) is 29.2 Å². The van der Waals surface area contributed by atoms with Gasteiger partial charge in [0, 0.05) is 38.5 Å². The zero-order valence-electron chi connectivity index (χ0n) is 15.5. The second-order valence-electron chi connectivity index (χ2n) is 6.71. The second-order valence-corrected chi connectivity index (χ2v) is 9.70. The average molecular weight is 412 g/mol. The van der Waals surface area contributed by atoms with Crippen molar-refractivity contribution in [2.24, 2.45) is 0 Å². The van der Waals surface area contributed by atoms with Crippen LogP contribution in [0, 0.1) is 0 Å². The number of rotatable bonds is 6. The maximum absolute atomic E-state index is 12.8. The fraction of sp³-hybridized carbons (Fsp3) is 0.556. The molecule has 0 aromatic heterocycles. The maximum atomic E-state index is 12.8. The topological polar surface area (TPSA) is 78.0 Å². The zero-order valence-corrected chi connectivity index (χ0v) is 17.1. The van der Waals surface area contributed by atoms with Crippen molar-refractivity contribution in [1.82, 2.24) is 14.1 Å². The molecule has 2 fully saturated rings. The molecule has 1 aromatic rings. The molecule has 7 nitrogen and oxygen atoms in total. The molecule has 0 N–H and O–H groups in total. The summed E-state index contributed by atoms with van der Waals surface area (Å²) in [6, 6.07) is 7.05. The number of carbonyl (C=O) groups is 2. The largest absolute Gasteiger partial charge is 0.339 e. The summed E-state index contributed by atoms with van der Waals surface area (Å²) in [5.74, 6) is 0.599. The van der Waals surface area contributed by atoms with Gasteiger partial charge in [0.25, 0.3) is 5.24 Å². The van der Waals surface area contributed by atoms with Crippen molar-refractivity contribution in [2.45, 2.75) is 24.7 Å². The number of carbonyl (C=O) groups excluding carboxylic acids is 2. The van der Waals surface area contributed by atoms with Gasteiger partial charge in [-0.3, -0.25) is 9.59 Å². The Bertz CT molecular complexity index is 787. The third kappa shape index (κ3) is 4.64. The van der Waals surface area contributed by atoms with E-state index in [0.29, 0.717) is 24.5 Å². The first-order valence-electron chi connectivity index (χ1n) is 9.20. The van der Waals surface area contributed by atoms with Crippen molar-refractivity contribution in [1.29, 1.82) is 0 Å². The van der Waals surface area contributed by atoms with Gasteiger partial charge in [0.1, 0.15) is 6.54 Å². The van der Waals surface area contributed by atoms with Gasteiger partial charge in [0.15, 0.2) is 0 Å². The highest BCUT2D eigenvalue weighted by Crippen LogP contribution is 2.20. The van der Waals surface area contributed by atoms with Crippen LogP contribution in [0.2, 0.25) is 0 Å². The van der Waals surface area contributed by atoms with Gasteiger partial charge in [-0.2, -0.15) is 4.31 Å². The molecule has 2 heterocycles. The lowest BCUT2D eigenvalue weighted by molar-refractivity contribution is -0.132. The summed E-state index contributed by atoms with van der Waals surface area (Å²) in [6.45, 7) is 4.00. The first-order valence-corrected chi connectivity index (χ1v) is 11.6. The molecule has 0 saturated carbocycles. The van der Waals surface area contributed by atoms with Crippen LogP contribution in [0.25, 0.3) is 0 Å². The Morgan fingerprint density at radius 2 is 1.74 bits per heavy atom. The fourth-order valence-corrected chi connectivity index (χ4v) is 5.52. The summed E-state index contributed by atoms with van der Waals surface area (Å²) in [4.78, 5) is 27.5. The zero-order chi connectivity index (χ0) is 19.4. The number of amides is 2. The minimum Gasteiger partial charge on any atom is -0.339 e. The third-order valence-electron chi connectivity index (χ3n) is 4.86. The minimum absolute atomic E-state index is 0.0592. The summed E-state index contributed by atoms with van der Waals surface area (Å²) >= 11 is 1.23. The minimum atomic E-state index is -3.55. The van der Waals surface area contributed by atoms with Crippen LogP contribution < -0.4 is 0 Å². The highest BCUT2D eigenvalue weighted by molar-refractivity contribution is 8.13. The molecule has 2 aliphatic heterocycles. The van der Waals surface area contributed by atoms with Gasteiger partial charge in [-0.25, -0.2) is 8.42 Å². The van der Waals surface area contributed by atoms with Gasteiger partial charge in [-0.05, 0) is 24.1 Å². The van der Waals surface area contributed by atoms with E-state index in [1.807, 2.05) is 12.1 Å². The molecule has 2 aliphatic rings. The van der Waals surface area contributed by atoms with E-state index in [4.69, 9.17) is 0 Å². The molecule has 2 amide bonds. The molecule has 0 aliphatic carbocycles. The average Bonchev–Trinajstić information content (AvgIpc) is 3.07. The van der Waals surface area contributed by atoms with Gasteiger partial charge < -0.3 is 9.80 Å². The van der Waals surface area contributed by atoms with Crippen molar-refractivity contribution in [3.8, 4) is 0 Å². The lowest BCUT2D eigenvalue weighted by Gasteiger charge is -2.34. The van der Waals surface area contributed by atoms with E-state index in [1.54, 1.807) is 21.9 Å². The molecular formula is C18H25N3O4S2. The number of nitrogens with zero attached hydrogens (tertiary/aromatic N) is 3. The van der Waals surface area contributed by atoms with E-state index < -0.39 is 10.0 Å². The van der Waals surface area contributed by atoms with Crippen molar-refractivity contribution in [3.05, 3.63) is 29.8 Å². The van der Waals surface area contributed by atoms with Crippen molar-refractivity contribution in [2.75, 3.05) is 45.0 Å². The number of piperazine rings is 1. The van der Waals surface area contributed by atoms with Crippen LogP contribution in [0.4, 0.5) is 4.79 Å². The molecule has 0 spiro atoms. The van der Waals surface area contributed by atoms with Gasteiger partial charge in [0.2, 0.25) is 15.9 Å². The Morgan fingerprint density at radius 3 is 2.30 bits per heavy atom. The smallest absolute Gasteiger partial charge is 0.282 e. The number of hydrogen-bond acceptors (Lipinski definition) is 5. The predicted molar refractivity (Wildman–Crippen MR) is 105 cm³/mol. The summed E-state index contributed by atoms with van der Waals surface area (Å²) in [7, 11) is -3.55. The quantitative estimate of drug-likeness (QED) is 0.711. The van der Waals surface area contributed by atoms with Crippen molar-refractivity contribution < 1.29 is 18.0 Å². The highest BCUT2D eigenvalue weighted by Gasteiger charge is 2.31. The molecule has 0 unspecified atom stereocenters. The van der Waals surface area contributed by atoms with E-state index in [0.717, 1.165) is 24.2 Å². The van der Waals surface area contributed by atoms with Crippen LogP contribution in [0.5, 0.6) is 0 Å². The lowest BCUT2D eigenvalue weighted by atomic mass is 10.1.